The molecule has 2 fully saturated rings. The molecule has 1 spiro atoms. The molecule has 0 N–H and O–H groups in total. The van der Waals surface area contributed by atoms with Gasteiger partial charge in [-0.2, -0.15) is 0 Å². The van der Waals surface area contributed by atoms with Crippen molar-refractivity contribution in [3.05, 3.63) is 23.8 Å². The first kappa shape index (κ1) is 14.3. The molecule has 0 aromatic heterocycles. The molecule has 0 saturated carbocycles. The average molecular weight is 305 g/mol. The first-order chi connectivity index (χ1) is 10.8. The standard InChI is InChI=1S/C17H23NO4/c1-19-14-9-17(22-11-14)4-6-18(7-5-17)10-13-2-3-15-16(8-13)21-12-20-15/h2-3,8,14H,4-7,9-12H2,1H3/t14-/m0/s1. The lowest BCUT2D eigenvalue weighted by atomic mass is 9.88. The number of benzene rings is 1. The van der Waals surface area contributed by atoms with E-state index in [0.29, 0.717) is 6.79 Å². The van der Waals surface area contributed by atoms with Crippen molar-refractivity contribution in [2.45, 2.75) is 37.5 Å². The van der Waals surface area contributed by atoms with Gasteiger partial charge in [-0.1, -0.05) is 6.07 Å². The van der Waals surface area contributed by atoms with Gasteiger partial charge in [0.15, 0.2) is 11.5 Å². The number of methoxy groups -OCH3 is 1. The fourth-order valence-corrected chi connectivity index (χ4v) is 3.72. The van der Waals surface area contributed by atoms with Crippen LogP contribution in [-0.4, -0.2) is 50.2 Å². The SMILES string of the molecule is CO[C@@H]1COC2(CCN(Cc3ccc4c(c3)OCO4)CC2)C1. The number of piperidine rings is 1. The smallest absolute Gasteiger partial charge is 0.231 e. The summed E-state index contributed by atoms with van der Waals surface area (Å²) in [5.74, 6) is 1.72. The van der Waals surface area contributed by atoms with E-state index in [0.717, 1.165) is 57.0 Å². The summed E-state index contributed by atoms with van der Waals surface area (Å²) in [4.78, 5) is 2.49. The average Bonchev–Trinajstić information content (AvgIpc) is 3.16. The molecule has 5 heteroatoms. The Labute approximate surface area is 131 Å². The van der Waals surface area contributed by atoms with Gasteiger partial charge in [0, 0.05) is 33.2 Å². The summed E-state index contributed by atoms with van der Waals surface area (Å²) in [5, 5.41) is 0. The van der Waals surface area contributed by atoms with E-state index in [9.17, 15) is 0 Å². The van der Waals surface area contributed by atoms with Crippen LogP contribution in [-0.2, 0) is 16.0 Å². The Kier molecular flexibility index (Phi) is 3.72. The van der Waals surface area contributed by atoms with E-state index in [1.165, 1.54) is 5.56 Å². The summed E-state index contributed by atoms with van der Waals surface area (Å²) in [5.41, 5.74) is 1.34. The summed E-state index contributed by atoms with van der Waals surface area (Å²) >= 11 is 0. The number of fused-ring (bicyclic) bond motifs is 1. The molecule has 0 bridgehead atoms. The van der Waals surface area contributed by atoms with E-state index >= 15 is 0 Å². The summed E-state index contributed by atoms with van der Waals surface area (Å²) in [6.45, 7) is 4.19. The van der Waals surface area contributed by atoms with Crippen molar-refractivity contribution in [2.75, 3.05) is 33.6 Å². The predicted molar refractivity (Wildman–Crippen MR) is 81.2 cm³/mol. The summed E-state index contributed by atoms with van der Waals surface area (Å²) in [6.07, 6.45) is 3.51. The molecule has 3 aliphatic heterocycles. The second kappa shape index (κ2) is 5.72. The highest BCUT2D eigenvalue weighted by atomic mass is 16.7. The van der Waals surface area contributed by atoms with Crippen LogP contribution in [0.4, 0.5) is 0 Å². The van der Waals surface area contributed by atoms with Crippen LogP contribution < -0.4 is 9.47 Å². The van der Waals surface area contributed by atoms with Gasteiger partial charge in [-0.3, -0.25) is 4.90 Å². The molecule has 2 saturated heterocycles. The van der Waals surface area contributed by atoms with Crippen molar-refractivity contribution in [3.63, 3.8) is 0 Å². The highest BCUT2D eigenvalue weighted by molar-refractivity contribution is 5.44. The normalized spacial score (nSPS) is 26.7. The molecule has 1 aromatic rings. The first-order valence-corrected chi connectivity index (χ1v) is 8.04. The third-order valence-electron chi connectivity index (χ3n) is 5.12. The Morgan fingerprint density at radius 1 is 1.23 bits per heavy atom. The Morgan fingerprint density at radius 3 is 2.82 bits per heavy atom. The van der Waals surface area contributed by atoms with Crippen molar-refractivity contribution in [1.82, 2.24) is 4.90 Å². The zero-order chi connectivity index (χ0) is 15.0. The van der Waals surface area contributed by atoms with Crippen molar-refractivity contribution in [1.29, 1.82) is 0 Å². The van der Waals surface area contributed by atoms with E-state index in [2.05, 4.69) is 17.0 Å². The van der Waals surface area contributed by atoms with E-state index in [-0.39, 0.29) is 11.7 Å². The van der Waals surface area contributed by atoms with Crippen LogP contribution in [0.1, 0.15) is 24.8 Å². The minimum absolute atomic E-state index is 0.0616. The minimum Gasteiger partial charge on any atom is -0.454 e. The largest absolute Gasteiger partial charge is 0.454 e. The van der Waals surface area contributed by atoms with Crippen LogP contribution in [0.2, 0.25) is 0 Å². The Balaban J connectivity index is 1.34. The fourth-order valence-electron chi connectivity index (χ4n) is 3.72. The number of ether oxygens (including phenoxy) is 4. The van der Waals surface area contributed by atoms with Gasteiger partial charge in [-0.15, -0.1) is 0 Å². The first-order valence-electron chi connectivity index (χ1n) is 8.04. The van der Waals surface area contributed by atoms with Crippen LogP contribution in [0.5, 0.6) is 11.5 Å². The number of rotatable bonds is 3. The molecule has 0 amide bonds. The maximum Gasteiger partial charge on any atom is 0.231 e. The molecule has 0 aliphatic carbocycles. The summed E-state index contributed by atoms with van der Waals surface area (Å²) < 4.78 is 22.3. The van der Waals surface area contributed by atoms with Crippen LogP contribution in [0, 0.1) is 0 Å². The Hall–Kier alpha value is -1.30. The van der Waals surface area contributed by atoms with Gasteiger partial charge < -0.3 is 18.9 Å². The lowest BCUT2D eigenvalue weighted by Crippen LogP contribution is -2.43. The highest BCUT2D eigenvalue weighted by Crippen LogP contribution is 2.38. The quantitative estimate of drug-likeness (QED) is 0.856. The molecule has 120 valence electrons. The third-order valence-corrected chi connectivity index (χ3v) is 5.12. The van der Waals surface area contributed by atoms with Gasteiger partial charge in [0.1, 0.15) is 0 Å². The molecule has 0 radical (unpaired) electrons. The molecule has 22 heavy (non-hydrogen) atoms. The van der Waals surface area contributed by atoms with E-state index in [1.54, 1.807) is 7.11 Å². The van der Waals surface area contributed by atoms with Gasteiger partial charge in [0.25, 0.3) is 0 Å². The van der Waals surface area contributed by atoms with Crippen molar-refractivity contribution in [3.8, 4) is 11.5 Å². The zero-order valence-electron chi connectivity index (χ0n) is 13.0. The predicted octanol–water partition coefficient (Wildman–Crippen LogP) is 2.19. The summed E-state index contributed by atoms with van der Waals surface area (Å²) in [7, 11) is 1.78. The second-order valence-corrected chi connectivity index (χ2v) is 6.52. The minimum atomic E-state index is 0.0616. The van der Waals surface area contributed by atoms with Crippen LogP contribution in [0.25, 0.3) is 0 Å². The molecule has 1 atom stereocenters. The maximum atomic E-state index is 6.06. The van der Waals surface area contributed by atoms with Gasteiger partial charge in [0.2, 0.25) is 6.79 Å². The molecule has 4 rings (SSSR count). The monoisotopic (exact) mass is 305 g/mol. The lowest BCUT2D eigenvalue weighted by molar-refractivity contribution is -0.0460. The molecule has 0 unspecified atom stereocenters. The van der Waals surface area contributed by atoms with E-state index in [4.69, 9.17) is 18.9 Å². The fraction of sp³-hybridized carbons (Fsp3) is 0.647. The van der Waals surface area contributed by atoms with Gasteiger partial charge in [-0.05, 0) is 30.5 Å². The number of likely N-dealkylation sites (tertiary alicyclic amines) is 1. The molecule has 3 aliphatic rings. The summed E-state index contributed by atoms with van der Waals surface area (Å²) in [6, 6.07) is 6.23. The lowest BCUT2D eigenvalue weighted by Gasteiger charge is -2.38. The van der Waals surface area contributed by atoms with E-state index in [1.807, 2.05) is 6.07 Å². The van der Waals surface area contributed by atoms with Crippen molar-refractivity contribution in [2.24, 2.45) is 0 Å². The molecular formula is C17H23NO4. The maximum absolute atomic E-state index is 6.06. The topological polar surface area (TPSA) is 40.2 Å². The molecular weight excluding hydrogens is 282 g/mol. The Morgan fingerprint density at radius 2 is 2.05 bits per heavy atom. The zero-order valence-corrected chi connectivity index (χ0v) is 13.0. The number of nitrogens with zero attached hydrogens (tertiary/aromatic N) is 1. The molecule has 5 nitrogen and oxygen atoms in total. The Bertz CT molecular complexity index is 539. The van der Waals surface area contributed by atoms with E-state index < -0.39 is 0 Å². The van der Waals surface area contributed by atoms with Gasteiger partial charge in [0.05, 0.1) is 18.3 Å². The van der Waals surface area contributed by atoms with Gasteiger partial charge >= 0.3 is 0 Å². The highest BCUT2D eigenvalue weighted by Gasteiger charge is 2.42. The van der Waals surface area contributed by atoms with Crippen LogP contribution in [0.15, 0.2) is 18.2 Å². The third kappa shape index (κ3) is 2.69. The van der Waals surface area contributed by atoms with Crippen molar-refractivity contribution < 1.29 is 18.9 Å². The number of hydrogen-bond donors (Lipinski definition) is 0. The van der Waals surface area contributed by atoms with Crippen molar-refractivity contribution >= 4 is 0 Å². The number of hydrogen-bond acceptors (Lipinski definition) is 5. The van der Waals surface area contributed by atoms with Gasteiger partial charge in [-0.25, -0.2) is 0 Å². The molecule has 1 aromatic carbocycles. The van der Waals surface area contributed by atoms with Crippen LogP contribution in [0.3, 0.4) is 0 Å². The second-order valence-electron chi connectivity index (χ2n) is 6.52. The van der Waals surface area contributed by atoms with Crippen LogP contribution >= 0.6 is 0 Å². The molecule has 3 heterocycles.